The lowest BCUT2D eigenvalue weighted by Gasteiger charge is -2.22. The normalized spacial score (nSPS) is 11.9. The van der Waals surface area contributed by atoms with Crippen LogP contribution in [0.4, 0.5) is 5.69 Å². The largest absolute Gasteiger partial charge is 0.478 e. The molecule has 0 aliphatic rings. The van der Waals surface area contributed by atoms with Gasteiger partial charge in [0.2, 0.25) is 5.60 Å². The first-order chi connectivity index (χ1) is 14.8. The molecule has 152 valence electrons. The molecule has 3 N–H and O–H groups in total. The lowest BCUT2D eigenvalue weighted by Crippen LogP contribution is -2.39. The molecule has 3 rings (SSSR count). The zero-order chi connectivity index (χ0) is 22.4. The summed E-state index contributed by atoms with van der Waals surface area (Å²) in [6.07, 6.45) is 0. The van der Waals surface area contributed by atoms with Gasteiger partial charge in [-0.05, 0) is 48.4 Å². The van der Waals surface area contributed by atoms with E-state index in [2.05, 4.69) is 17.2 Å². The Bertz CT molecular complexity index is 1240. The maximum atomic E-state index is 13.0. The number of anilines is 1. The van der Waals surface area contributed by atoms with Crippen LogP contribution in [-0.4, -0.2) is 22.1 Å². The number of nitrogens with one attached hydrogen (secondary N) is 1. The van der Waals surface area contributed by atoms with Crippen LogP contribution in [-0.2, 0) is 10.4 Å². The van der Waals surface area contributed by atoms with Crippen LogP contribution in [0.1, 0.15) is 27.0 Å². The number of rotatable bonds is 4. The molecule has 0 saturated carbocycles. The van der Waals surface area contributed by atoms with Crippen LogP contribution >= 0.6 is 11.6 Å². The third-order valence-corrected chi connectivity index (χ3v) is 4.70. The van der Waals surface area contributed by atoms with Crippen LogP contribution in [0.15, 0.2) is 72.8 Å². The number of carboxylic acid groups (broad SMARTS) is 1. The van der Waals surface area contributed by atoms with Gasteiger partial charge in [-0.15, -0.1) is 0 Å². The van der Waals surface area contributed by atoms with Crippen molar-refractivity contribution >= 4 is 29.2 Å². The number of hydrogen-bond donors (Lipinski definition) is 3. The molecule has 0 radical (unpaired) electrons. The first-order valence-electron chi connectivity index (χ1n) is 8.99. The average molecular weight is 431 g/mol. The number of carboxylic acids is 1. The summed E-state index contributed by atoms with van der Waals surface area (Å²) < 4.78 is 0. The highest BCUT2D eigenvalue weighted by Crippen LogP contribution is 2.25. The number of carbonyl (C=O) groups is 2. The molecule has 3 aromatic rings. The number of aliphatic hydroxyl groups is 1. The Morgan fingerprint density at radius 1 is 1.00 bits per heavy atom. The summed E-state index contributed by atoms with van der Waals surface area (Å²) in [4.78, 5) is 24.0. The molecule has 0 aliphatic carbocycles. The van der Waals surface area contributed by atoms with Gasteiger partial charge in [0.15, 0.2) is 0 Å². The van der Waals surface area contributed by atoms with Gasteiger partial charge in [-0.2, -0.15) is 5.26 Å². The molecular weight excluding hydrogens is 416 g/mol. The van der Waals surface area contributed by atoms with Gasteiger partial charge in [0.25, 0.3) is 5.91 Å². The Hall–Kier alpha value is -4.10. The molecular formula is C24H15ClN2O4. The first kappa shape index (κ1) is 21.6. The molecule has 0 aliphatic heterocycles. The molecule has 1 amide bonds. The van der Waals surface area contributed by atoms with Crippen LogP contribution < -0.4 is 5.32 Å². The van der Waals surface area contributed by atoms with E-state index in [9.17, 15) is 14.7 Å². The maximum absolute atomic E-state index is 13.0. The van der Waals surface area contributed by atoms with Crippen LogP contribution in [0, 0.1) is 23.2 Å². The highest BCUT2D eigenvalue weighted by atomic mass is 35.5. The fraction of sp³-hybridized carbons (Fsp3) is 0.0417. The third kappa shape index (κ3) is 4.91. The van der Waals surface area contributed by atoms with Crippen molar-refractivity contribution < 1.29 is 19.8 Å². The fourth-order valence-corrected chi connectivity index (χ4v) is 2.93. The van der Waals surface area contributed by atoms with E-state index in [1.54, 1.807) is 30.3 Å². The second-order valence-corrected chi connectivity index (χ2v) is 6.88. The Morgan fingerprint density at radius 2 is 1.68 bits per heavy atom. The van der Waals surface area contributed by atoms with E-state index in [0.29, 0.717) is 5.56 Å². The predicted molar refractivity (Wildman–Crippen MR) is 115 cm³/mol. The highest BCUT2D eigenvalue weighted by molar-refractivity contribution is 6.32. The third-order valence-electron chi connectivity index (χ3n) is 4.39. The Balaban J connectivity index is 1.96. The summed E-state index contributed by atoms with van der Waals surface area (Å²) in [6, 6.07) is 20.2. The summed E-state index contributed by atoms with van der Waals surface area (Å²) in [5.41, 5.74) is -0.888. The van der Waals surface area contributed by atoms with Crippen molar-refractivity contribution in [2.45, 2.75) is 5.60 Å². The van der Waals surface area contributed by atoms with Crippen molar-refractivity contribution in [1.82, 2.24) is 0 Å². The van der Waals surface area contributed by atoms with Gasteiger partial charge >= 0.3 is 5.97 Å². The van der Waals surface area contributed by atoms with Crippen LogP contribution in [0.5, 0.6) is 0 Å². The Kier molecular flexibility index (Phi) is 6.37. The number of benzene rings is 3. The van der Waals surface area contributed by atoms with Crippen molar-refractivity contribution in [3.8, 4) is 17.9 Å². The molecule has 1 unspecified atom stereocenters. The van der Waals surface area contributed by atoms with Crippen LogP contribution in [0.2, 0.25) is 5.02 Å². The van der Waals surface area contributed by atoms with Crippen molar-refractivity contribution in [3.05, 3.63) is 100 Å². The molecule has 1 atom stereocenters. The lowest BCUT2D eigenvalue weighted by atomic mass is 9.92. The number of nitrogens with zero attached hydrogens (tertiary/aromatic N) is 1. The number of nitriles is 1. The second kappa shape index (κ2) is 9.15. The van der Waals surface area contributed by atoms with Gasteiger partial charge < -0.3 is 15.5 Å². The average Bonchev–Trinajstić information content (AvgIpc) is 2.78. The molecule has 0 saturated heterocycles. The quantitative estimate of drug-likeness (QED) is 0.545. The SMILES string of the molecule is N#Cc1ccc(NC(=O)C(O)(C#Cc2ccc(C(=O)O)cc2)c2ccccc2)cc1Cl. The van der Waals surface area contributed by atoms with Crippen molar-refractivity contribution in [3.63, 3.8) is 0 Å². The minimum absolute atomic E-state index is 0.0966. The first-order valence-corrected chi connectivity index (χ1v) is 9.37. The monoisotopic (exact) mass is 430 g/mol. The predicted octanol–water partition coefficient (Wildman–Crippen LogP) is 3.79. The molecule has 6 nitrogen and oxygen atoms in total. The molecule has 0 spiro atoms. The molecule has 0 bridgehead atoms. The standard InChI is InChI=1S/C24H15ClN2O4/c25-21-14-20(11-10-18(21)15-26)27-23(30)24(31,19-4-2-1-3-5-19)13-12-16-6-8-17(9-7-16)22(28)29/h1-11,14,31H,(H,27,30)(H,28,29). The van der Waals surface area contributed by atoms with Gasteiger partial charge in [-0.25, -0.2) is 4.79 Å². The molecule has 31 heavy (non-hydrogen) atoms. The van der Waals surface area contributed by atoms with Crippen molar-refractivity contribution in [1.29, 1.82) is 5.26 Å². The molecule has 0 aromatic heterocycles. The van der Waals surface area contributed by atoms with Gasteiger partial charge in [-0.1, -0.05) is 47.9 Å². The summed E-state index contributed by atoms with van der Waals surface area (Å²) in [5.74, 6) is 3.44. The number of halogens is 1. The van der Waals surface area contributed by atoms with Crippen molar-refractivity contribution in [2.75, 3.05) is 5.32 Å². The summed E-state index contributed by atoms with van der Waals surface area (Å²) >= 11 is 6.01. The topological polar surface area (TPSA) is 110 Å². The molecule has 0 fully saturated rings. The lowest BCUT2D eigenvalue weighted by molar-refractivity contribution is -0.129. The summed E-state index contributed by atoms with van der Waals surface area (Å²) in [6.45, 7) is 0. The fourth-order valence-electron chi connectivity index (χ4n) is 2.70. The number of aromatic carboxylic acids is 1. The summed E-state index contributed by atoms with van der Waals surface area (Å²) in [7, 11) is 0. The summed E-state index contributed by atoms with van der Waals surface area (Å²) in [5, 5.41) is 31.9. The number of carbonyl (C=O) groups excluding carboxylic acids is 1. The van der Waals surface area contributed by atoms with Gasteiger partial charge in [0.05, 0.1) is 16.1 Å². The van der Waals surface area contributed by atoms with E-state index in [-0.39, 0.29) is 27.4 Å². The van der Waals surface area contributed by atoms with Gasteiger partial charge in [-0.3, -0.25) is 4.79 Å². The smallest absolute Gasteiger partial charge is 0.335 e. The minimum Gasteiger partial charge on any atom is -0.478 e. The molecule has 7 heteroatoms. The van der Waals surface area contributed by atoms with Crippen LogP contribution in [0.3, 0.4) is 0 Å². The second-order valence-electron chi connectivity index (χ2n) is 6.47. The zero-order valence-electron chi connectivity index (χ0n) is 16.0. The van der Waals surface area contributed by atoms with E-state index in [1.807, 2.05) is 6.07 Å². The van der Waals surface area contributed by atoms with E-state index < -0.39 is 17.5 Å². The van der Waals surface area contributed by atoms with Gasteiger partial charge in [0, 0.05) is 16.8 Å². The van der Waals surface area contributed by atoms with E-state index in [0.717, 1.165) is 0 Å². The van der Waals surface area contributed by atoms with Gasteiger partial charge in [0.1, 0.15) is 6.07 Å². The molecule has 3 aromatic carbocycles. The molecule has 0 heterocycles. The maximum Gasteiger partial charge on any atom is 0.335 e. The van der Waals surface area contributed by atoms with Crippen molar-refractivity contribution in [2.24, 2.45) is 0 Å². The Labute approximate surface area is 183 Å². The van der Waals surface area contributed by atoms with Crippen LogP contribution in [0.25, 0.3) is 0 Å². The number of hydrogen-bond acceptors (Lipinski definition) is 4. The number of amides is 1. The minimum atomic E-state index is -2.20. The zero-order valence-corrected chi connectivity index (χ0v) is 16.7. The van der Waals surface area contributed by atoms with E-state index in [4.69, 9.17) is 22.0 Å². The Morgan fingerprint density at radius 3 is 2.26 bits per heavy atom. The van der Waals surface area contributed by atoms with E-state index >= 15 is 0 Å². The highest BCUT2D eigenvalue weighted by Gasteiger charge is 2.36. The van der Waals surface area contributed by atoms with E-state index in [1.165, 1.54) is 42.5 Å².